The van der Waals surface area contributed by atoms with Crippen LogP contribution in [-0.2, 0) is 11.3 Å². The van der Waals surface area contributed by atoms with Gasteiger partial charge >= 0.3 is 0 Å². The van der Waals surface area contributed by atoms with Crippen LogP contribution < -0.4 is 5.32 Å². The number of piperazine rings is 1. The van der Waals surface area contributed by atoms with Crippen LogP contribution in [0.25, 0.3) is 0 Å². The summed E-state index contributed by atoms with van der Waals surface area (Å²) in [6.45, 7) is 6.24. The average molecular weight is 255 g/mol. The SMILES string of the molecule is CC1(C)NCCN(Cc2ccccc2)C1=O.Cl. The van der Waals surface area contributed by atoms with Crippen molar-refractivity contribution in [3.05, 3.63) is 35.9 Å². The van der Waals surface area contributed by atoms with E-state index in [-0.39, 0.29) is 18.3 Å². The van der Waals surface area contributed by atoms with Crippen molar-refractivity contribution >= 4 is 18.3 Å². The Morgan fingerprint density at radius 2 is 1.94 bits per heavy atom. The maximum Gasteiger partial charge on any atom is 0.242 e. The molecule has 1 fully saturated rings. The summed E-state index contributed by atoms with van der Waals surface area (Å²) in [6.07, 6.45) is 0. The number of benzene rings is 1. The number of rotatable bonds is 2. The molecule has 0 aromatic heterocycles. The number of nitrogens with one attached hydrogen (secondary N) is 1. The van der Waals surface area contributed by atoms with Crippen molar-refractivity contribution < 1.29 is 4.79 Å². The molecule has 1 N–H and O–H groups in total. The minimum Gasteiger partial charge on any atom is -0.336 e. The molecule has 0 radical (unpaired) electrons. The fourth-order valence-electron chi connectivity index (χ4n) is 2.03. The first-order valence-corrected chi connectivity index (χ1v) is 5.68. The largest absolute Gasteiger partial charge is 0.336 e. The zero-order valence-corrected chi connectivity index (χ0v) is 11.1. The van der Waals surface area contributed by atoms with Crippen molar-refractivity contribution in [1.29, 1.82) is 0 Å². The van der Waals surface area contributed by atoms with Crippen LogP contribution in [-0.4, -0.2) is 29.4 Å². The minimum atomic E-state index is -0.424. The Balaban J connectivity index is 0.00000144. The molecule has 3 nitrogen and oxygen atoms in total. The smallest absolute Gasteiger partial charge is 0.242 e. The van der Waals surface area contributed by atoms with E-state index in [4.69, 9.17) is 0 Å². The third-order valence-electron chi connectivity index (χ3n) is 2.99. The number of carbonyl (C=O) groups is 1. The quantitative estimate of drug-likeness (QED) is 0.873. The van der Waals surface area contributed by atoms with Crippen molar-refractivity contribution in [2.24, 2.45) is 0 Å². The lowest BCUT2D eigenvalue weighted by Crippen LogP contribution is -2.60. The van der Waals surface area contributed by atoms with Crippen LogP contribution >= 0.6 is 12.4 Å². The van der Waals surface area contributed by atoms with E-state index in [1.54, 1.807) is 0 Å². The fourth-order valence-corrected chi connectivity index (χ4v) is 2.03. The molecule has 1 aliphatic heterocycles. The monoisotopic (exact) mass is 254 g/mol. The second kappa shape index (κ2) is 5.52. The van der Waals surface area contributed by atoms with Crippen molar-refractivity contribution in [2.45, 2.75) is 25.9 Å². The molecule has 94 valence electrons. The van der Waals surface area contributed by atoms with Gasteiger partial charge in [0.1, 0.15) is 0 Å². The summed E-state index contributed by atoms with van der Waals surface area (Å²) in [6, 6.07) is 10.1. The van der Waals surface area contributed by atoms with Crippen LogP contribution in [0.2, 0.25) is 0 Å². The van der Waals surface area contributed by atoms with Gasteiger partial charge in [-0.3, -0.25) is 4.79 Å². The van der Waals surface area contributed by atoms with Crippen LogP contribution in [0.4, 0.5) is 0 Å². The Morgan fingerprint density at radius 3 is 2.59 bits per heavy atom. The van der Waals surface area contributed by atoms with Gasteiger partial charge in [-0.05, 0) is 19.4 Å². The molecule has 1 aliphatic rings. The third-order valence-corrected chi connectivity index (χ3v) is 2.99. The minimum absolute atomic E-state index is 0. The van der Waals surface area contributed by atoms with Gasteiger partial charge in [-0.15, -0.1) is 12.4 Å². The summed E-state index contributed by atoms with van der Waals surface area (Å²) < 4.78 is 0. The molecule has 0 atom stereocenters. The van der Waals surface area contributed by atoms with E-state index in [0.717, 1.165) is 13.1 Å². The number of carbonyl (C=O) groups excluding carboxylic acids is 1. The summed E-state index contributed by atoms with van der Waals surface area (Å²) in [4.78, 5) is 14.0. The van der Waals surface area contributed by atoms with Crippen LogP contribution in [0.3, 0.4) is 0 Å². The van der Waals surface area contributed by atoms with Crippen molar-refractivity contribution in [1.82, 2.24) is 10.2 Å². The summed E-state index contributed by atoms with van der Waals surface area (Å²) in [5.74, 6) is 0.183. The van der Waals surface area contributed by atoms with E-state index in [1.807, 2.05) is 36.9 Å². The highest BCUT2D eigenvalue weighted by molar-refractivity contribution is 5.86. The lowest BCUT2D eigenvalue weighted by Gasteiger charge is -2.38. The van der Waals surface area contributed by atoms with E-state index in [0.29, 0.717) is 6.54 Å². The van der Waals surface area contributed by atoms with E-state index >= 15 is 0 Å². The standard InChI is InChI=1S/C13H18N2O.ClH/c1-13(2)12(16)15(9-8-14-13)10-11-6-4-3-5-7-11;/h3-7,14H,8-10H2,1-2H3;1H. The molecule has 1 saturated heterocycles. The summed E-state index contributed by atoms with van der Waals surface area (Å²) >= 11 is 0. The van der Waals surface area contributed by atoms with Gasteiger partial charge in [-0.25, -0.2) is 0 Å². The van der Waals surface area contributed by atoms with Crippen molar-refractivity contribution in [2.75, 3.05) is 13.1 Å². The molecule has 17 heavy (non-hydrogen) atoms. The maximum absolute atomic E-state index is 12.1. The Labute approximate surface area is 109 Å². The molecule has 0 bridgehead atoms. The molecule has 4 heteroatoms. The first-order chi connectivity index (χ1) is 7.59. The van der Waals surface area contributed by atoms with Crippen LogP contribution in [0, 0.1) is 0 Å². The number of hydrogen-bond donors (Lipinski definition) is 1. The number of halogens is 1. The Kier molecular flexibility index (Phi) is 4.54. The van der Waals surface area contributed by atoms with E-state index in [9.17, 15) is 4.79 Å². The second-order valence-corrected chi connectivity index (χ2v) is 4.76. The Hall–Kier alpha value is -1.06. The van der Waals surface area contributed by atoms with Crippen molar-refractivity contribution in [3.8, 4) is 0 Å². The van der Waals surface area contributed by atoms with Gasteiger partial charge in [0.25, 0.3) is 0 Å². The highest BCUT2D eigenvalue weighted by atomic mass is 35.5. The molecule has 0 unspecified atom stereocenters. The molecule has 1 amide bonds. The average Bonchev–Trinajstić information content (AvgIpc) is 2.26. The van der Waals surface area contributed by atoms with Gasteiger partial charge in [0.2, 0.25) is 5.91 Å². The van der Waals surface area contributed by atoms with E-state index < -0.39 is 5.54 Å². The number of amides is 1. The topological polar surface area (TPSA) is 32.3 Å². The van der Waals surface area contributed by atoms with Gasteiger partial charge in [-0.2, -0.15) is 0 Å². The van der Waals surface area contributed by atoms with Crippen LogP contribution in [0.5, 0.6) is 0 Å². The number of hydrogen-bond acceptors (Lipinski definition) is 2. The lowest BCUT2D eigenvalue weighted by molar-refractivity contribution is -0.140. The Bertz CT molecular complexity index is 378. The number of nitrogens with zero attached hydrogens (tertiary/aromatic N) is 1. The molecule has 1 heterocycles. The second-order valence-electron chi connectivity index (χ2n) is 4.76. The van der Waals surface area contributed by atoms with Gasteiger partial charge in [-0.1, -0.05) is 30.3 Å². The highest BCUT2D eigenvalue weighted by Crippen LogP contribution is 2.15. The normalized spacial score (nSPS) is 18.7. The summed E-state index contributed by atoms with van der Waals surface area (Å²) in [5.41, 5.74) is 0.765. The lowest BCUT2D eigenvalue weighted by atomic mass is 10.0. The van der Waals surface area contributed by atoms with Crippen molar-refractivity contribution in [3.63, 3.8) is 0 Å². The fraction of sp³-hybridized carbons (Fsp3) is 0.462. The first kappa shape index (κ1) is 14.0. The zero-order chi connectivity index (χ0) is 11.6. The van der Waals surface area contributed by atoms with Gasteiger partial charge in [0.15, 0.2) is 0 Å². The molecule has 1 aromatic rings. The van der Waals surface area contributed by atoms with E-state index in [2.05, 4.69) is 17.4 Å². The molecule has 2 rings (SSSR count). The van der Waals surface area contributed by atoms with Crippen LogP contribution in [0.1, 0.15) is 19.4 Å². The molecule has 0 aliphatic carbocycles. The molecule has 0 spiro atoms. The van der Waals surface area contributed by atoms with Gasteiger partial charge < -0.3 is 10.2 Å². The molecule has 0 saturated carbocycles. The summed E-state index contributed by atoms with van der Waals surface area (Å²) in [5, 5.41) is 3.23. The predicted molar refractivity (Wildman–Crippen MR) is 71.2 cm³/mol. The first-order valence-electron chi connectivity index (χ1n) is 5.68. The van der Waals surface area contributed by atoms with Gasteiger partial charge in [0.05, 0.1) is 5.54 Å². The maximum atomic E-state index is 12.1. The summed E-state index contributed by atoms with van der Waals surface area (Å²) in [7, 11) is 0. The predicted octanol–water partition coefficient (Wildman–Crippen LogP) is 1.82. The zero-order valence-electron chi connectivity index (χ0n) is 10.3. The highest BCUT2D eigenvalue weighted by Gasteiger charge is 2.34. The van der Waals surface area contributed by atoms with Crippen LogP contribution in [0.15, 0.2) is 30.3 Å². The molecular formula is C13H19ClN2O. The molecular weight excluding hydrogens is 236 g/mol. The third kappa shape index (κ3) is 3.20. The van der Waals surface area contributed by atoms with E-state index in [1.165, 1.54) is 5.56 Å². The molecule has 1 aromatic carbocycles. The Morgan fingerprint density at radius 1 is 1.29 bits per heavy atom. The van der Waals surface area contributed by atoms with Gasteiger partial charge in [0, 0.05) is 19.6 Å².